The van der Waals surface area contributed by atoms with Crippen LogP contribution in [0.3, 0.4) is 0 Å². The predicted molar refractivity (Wildman–Crippen MR) is 72.7 cm³/mol. The first-order valence-electron chi connectivity index (χ1n) is 6.25. The molecule has 1 aromatic heterocycles. The molecule has 1 heterocycles. The minimum absolute atomic E-state index is 0.0640. The van der Waals surface area contributed by atoms with Crippen LogP contribution in [-0.4, -0.2) is 4.98 Å². The largest absolute Gasteiger partial charge is 0.456 e. The molecule has 1 aromatic carbocycles. The van der Waals surface area contributed by atoms with Crippen molar-refractivity contribution in [2.24, 2.45) is 5.73 Å². The molecule has 0 saturated carbocycles. The first-order valence-corrected chi connectivity index (χ1v) is 6.25. The predicted octanol–water partition coefficient (Wildman–Crippen LogP) is 3.73. The van der Waals surface area contributed by atoms with Crippen molar-refractivity contribution in [1.82, 2.24) is 4.98 Å². The Balaban J connectivity index is 2.12. The van der Waals surface area contributed by atoms with E-state index >= 15 is 0 Å². The number of benzene rings is 1. The molecule has 0 aliphatic carbocycles. The third-order valence-electron chi connectivity index (χ3n) is 2.96. The van der Waals surface area contributed by atoms with E-state index in [1.165, 1.54) is 6.07 Å². The van der Waals surface area contributed by atoms with Gasteiger partial charge in [0.2, 0.25) is 0 Å². The van der Waals surface area contributed by atoms with Crippen LogP contribution in [0.15, 0.2) is 36.5 Å². The van der Waals surface area contributed by atoms with Crippen molar-refractivity contribution in [3.05, 3.63) is 53.6 Å². The number of hydrogen-bond donors (Lipinski definition) is 1. The number of nitrogens with zero attached hydrogens (tertiary/aromatic N) is 1. The highest BCUT2D eigenvalue weighted by Gasteiger charge is 2.06. The van der Waals surface area contributed by atoms with Crippen molar-refractivity contribution >= 4 is 0 Å². The topological polar surface area (TPSA) is 48.1 Å². The molecule has 2 N–H and O–H groups in total. The lowest BCUT2D eigenvalue weighted by atomic mass is 10.1. The quantitative estimate of drug-likeness (QED) is 0.911. The van der Waals surface area contributed by atoms with Gasteiger partial charge >= 0.3 is 0 Å². The summed E-state index contributed by atoms with van der Waals surface area (Å²) in [6, 6.07) is 8.32. The number of hydrogen-bond acceptors (Lipinski definition) is 3. The second kappa shape index (κ2) is 5.80. The summed E-state index contributed by atoms with van der Waals surface area (Å²) in [5, 5.41) is 0. The van der Waals surface area contributed by atoms with Gasteiger partial charge in [0.05, 0.1) is 11.9 Å². The number of ether oxygens (including phenoxy) is 1. The van der Waals surface area contributed by atoms with Gasteiger partial charge in [-0.1, -0.05) is 13.0 Å². The maximum absolute atomic E-state index is 13.4. The van der Waals surface area contributed by atoms with E-state index in [1.54, 1.807) is 31.3 Å². The molecule has 4 heteroatoms. The molecule has 19 heavy (non-hydrogen) atoms. The van der Waals surface area contributed by atoms with E-state index in [0.717, 1.165) is 12.1 Å². The van der Waals surface area contributed by atoms with E-state index in [-0.39, 0.29) is 11.9 Å². The number of rotatable bonds is 4. The fourth-order valence-electron chi connectivity index (χ4n) is 1.65. The summed E-state index contributed by atoms with van der Waals surface area (Å²) in [7, 11) is 0. The van der Waals surface area contributed by atoms with Crippen LogP contribution in [0.2, 0.25) is 0 Å². The fraction of sp³-hybridized carbons (Fsp3) is 0.267. The number of halogens is 1. The van der Waals surface area contributed by atoms with Crippen LogP contribution in [0.1, 0.15) is 30.6 Å². The number of pyridine rings is 1. The Morgan fingerprint density at radius 3 is 2.58 bits per heavy atom. The van der Waals surface area contributed by atoms with E-state index in [9.17, 15) is 4.39 Å². The van der Waals surface area contributed by atoms with E-state index in [1.807, 2.05) is 13.0 Å². The average molecular weight is 260 g/mol. The van der Waals surface area contributed by atoms with Gasteiger partial charge in [-0.25, -0.2) is 4.39 Å². The van der Waals surface area contributed by atoms with Gasteiger partial charge in [-0.05, 0) is 37.1 Å². The zero-order chi connectivity index (χ0) is 13.8. The maximum atomic E-state index is 13.4. The molecule has 1 unspecified atom stereocenters. The summed E-state index contributed by atoms with van der Waals surface area (Å²) in [6.07, 6.45) is 2.43. The van der Waals surface area contributed by atoms with Crippen molar-refractivity contribution in [2.75, 3.05) is 0 Å². The van der Waals surface area contributed by atoms with Crippen LogP contribution in [0.4, 0.5) is 4.39 Å². The summed E-state index contributed by atoms with van der Waals surface area (Å²) in [6.45, 7) is 3.72. The Labute approximate surface area is 112 Å². The summed E-state index contributed by atoms with van der Waals surface area (Å²) in [5.41, 5.74) is 7.30. The zero-order valence-electron chi connectivity index (χ0n) is 11.1. The minimum Gasteiger partial charge on any atom is -0.456 e. The van der Waals surface area contributed by atoms with Crippen molar-refractivity contribution in [2.45, 2.75) is 26.3 Å². The van der Waals surface area contributed by atoms with E-state index in [0.29, 0.717) is 17.1 Å². The molecule has 2 aromatic rings. The van der Waals surface area contributed by atoms with Crippen LogP contribution >= 0.6 is 0 Å². The number of aromatic nitrogens is 1. The Morgan fingerprint density at radius 1 is 1.26 bits per heavy atom. The van der Waals surface area contributed by atoms with Gasteiger partial charge in [0.15, 0.2) is 0 Å². The van der Waals surface area contributed by atoms with Crippen molar-refractivity contribution in [3.63, 3.8) is 0 Å². The van der Waals surface area contributed by atoms with E-state index in [4.69, 9.17) is 10.5 Å². The lowest BCUT2D eigenvalue weighted by Crippen LogP contribution is -2.10. The van der Waals surface area contributed by atoms with Crippen LogP contribution in [-0.2, 0) is 0 Å². The standard InChI is InChI=1S/C15H17FN2O/c1-3-14(17)15-7-6-12(9-18-15)19-11-5-4-10(2)13(16)8-11/h4-9,14H,3,17H2,1-2H3. The van der Waals surface area contributed by atoms with Gasteiger partial charge in [0.1, 0.15) is 17.3 Å². The Bertz CT molecular complexity index is 555. The third kappa shape index (κ3) is 3.29. The molecule has 0 amide bonds. The fourth-order valence-corrected chi connectivity index (χ4v) is 1.65. The molecule has 1 atom stereocenters. The smallest absolute Gasteiger partial charge is 0.145 e. The first-order chi connectivity index (χ1) is 9.10. The van der Waals surface area contributed by atoms with Gasteiger partial charge < -0.3 is 10.5 Å². The summed E-state index contributed by atoms with van der Waals surface area (Å²) < 4.78 is 18.9. The van der Waals surface area contributed by atoms with E-state index in [2.05, 4.69) is 4.98 Å². The van der Waals surface area contributed by atoms with Gasteiger partial charge in [0.25, 0.3) is 0 Å². The van der Waals surface area contributed by atoms with E-state index < -0.39 is 0 Å². The lowest BCUT2D eigenvalue weighted by molar-refractivity contribution is 0.472. The highest BCUT2D eigenvalue weighted by atomic mass is 19.1. The Kier molecular flexibility index (Phi) is 4.12. The maximum Gasteiger partial charge on any atom is 0.145 e. The molecule has 0 saturated heterocycles. The van der Waals surface area contributed by atoms with Crippen LogP contribution in [0.25, 0.3) is 0 Å². The van der Waals surface area contributed by atoms with Crippen LogP contribution in [0, 0.1) is 12.7 Å². The van der Waals surface area contributed by atoms with Gasteiger partial charge in [-0.15, -0.1) is 0 Å². The van der Waals surface area contributed by atoms with Crippen LogP contribution < -0.4 is 10.5 Å². The van der Waals surface area contributed by atoms with Crippen LogP contribution in [0.5, 0.6) is 11.5 Å². The summed E-state index contributed by atoms with van der Waals surface area (Å²) in [5.74, 6) is 0.739. The van der Waals surface area contributed by atoms with Gasteiger partial charge in [-0.2, -0.15) is 0 Å². The molecular formula is C15H17FN2O. The third-order valence-corrected chi connectivity index (χ3v) is 2.96. The van der Waals surface area contributed by atoms with Crippen molar-refractivity contribution in [1.29, 1.82) is 0 Å². The SMILES string of the molecule is CCC(N)c1ccc(Oc2ccc(C)c(F)c2)cn1. The Morgan fingerprint density at radius 2 is 2.00 bits per heavy atom. The molecular weight excluding hydrogens is 243 g/mol. The number of aryl methyl sites for hydroxylation is 1. The molecule has 0 fully saturated rings. The zero-order valence-corrected chi connectivity index (χ0v) is 11.1. The normalized spacial score (nSPS) is 12.2. The lowest BCUT2D eigenvalue weighted by Gasteiger charge is -2.10. The minimum atomic E-state index is -0.282. The Hall–Kier alpha value is -1.94. The van der Waals surface area contributed by atoms with Gasteiger partial charge in [0, 0.05) is 12.1 Å². The second-order valence-electron chi connectivity index (χ2n) is 4.45. The highest BCUT2D eigenvalue weighted by molar-refractivity contribution is 5.33. The highest BCUT2D eigenvalue weighted by Crippen LogP contribution is 2.23. The number of nitrogens with two attached hydrogens (primary N) is 1. The molecule has 0 aliphatic rings. The molecule has 3 nitrogen and oxygen atoms in total. The summed E-state index contributed by atoms with van der Waals surface area (Å²) >= 11 is 0. The molecule has 100 valence electrons. The second-order valence-corrected chi connectivity index (χ2v) is 4.45. The first kappa shape index (κ1) is 13.5. The van der Waals surface area contributed by atoms with Crippen molar-refractivity contribution < 1.29 is 9.13 Å². The summed E-state index contributed by atoms with van der Waals surface area (Å²) in [4.78, 5) is 4.24. The monoisotopic (exact) mass is 260 g/mol. The molecule has 0 spiro atoms. The average Bonchev–Trinajstić information content (AvgIpc) is 2.43. The molecule has 2 rings (SSSR count). The molecule has 0 bridgehead atoms. The molecule has 0 aliphatic heterocycles. The van der Waals surface area contributed by atoms with Crippen molar-refractivity contribution in [3.8, 4) is 11.5 Å². The van der Waals surface area contributed by atoms with Gasteiger partial charge in [-0.3, -0.25) is 4.98 Å². The molecule has 0 radical (unpaired) electrons.